The number of aromatic nitrogens is 4. The standard InChI is InChI=1S/C25H25N5O/c1-16-15-26-24(27-16)20-13-12-18(14-22(20)31-2)28-25-29-21-11-7-6-10-19(21)23(30-25)17-8-4-3-5-9-17/h3-5,8-9,12-15H,6-7,10-11H2,1-2H3,(H,26,27)(H,28,29,30). The number of imidazole rings is 1. The molecule has 6 heteroatoms. The number of aromatic amines is 1. The van der Waals surface area contributed by atoms with E-state index < -0.39 is 0 Å². The van der Waals surface area contributed by atoms with E-state index in [9.17, 15) is 0 Å². The maximum absolute atomic E-state index is 5.63. The molecule has 2 aromatic heterocycles. The van der Waals surface area contributed by atoms with Crippen molar-refractivity contribution in [1.29, 1.82) is 0 Å². The van der Waals surface area contributed by atoms with Crippen molar-refractivity contribution in [2.24, 2.45) is 0 Å². The summed E-state index contributed by atoms with van der Waals surface area (Å²) in [6, 6.07) is 16.3. The van der Waals surface area contributed by atoms with Crippen LogP contribution in [-0.4, -0.2) is 27.0 Å². The summed E-state index contributed by atoms with van der Waals surface area (Å²) in [5.74, 6) is 2.14. The van der Waals surface area contributed by atoms with E-state index in [2.05, 4.69) is 39.6 Å². The lowest BCUT2D eigenvalue weighted by molar-refractivity contribution is 0.416. The summed E-state index contributed by atoms with van der Waals surface area (Å²) < 4.78 is 5.63. The Morgan fingerprint density at radius 3 is 2.61 bits per heavy atom. The van der Waals surface area contributed by atoms with E-state index >= 15 is 0 Å². The molecule has 0 radical (unpaired) electrons. The van der Waals surface area contributed by atoms with Crippen molar-refractivity contribution in [3.63, 3.8) is 0 Å². The van der Waals surface area contributed by atoms with Gasteiger partial charge in [-0.25, -0.2) is 15.0 Å². The molecule has 0 aliphatic heterocycles. The third-order valence-electron chi connectivity index (χ3n) is 5.65. The Morgan fingerprint density at radius 1 is 1.00 bits per heavy atom. The van der Waals surface area contributed by atoms with Gasteiger partial charge in [0.15, 0.2) is 0 Å². The minimum atomic E-state index is 0.614. The van der Waals surface area contributed by atoms with Gasteiger partial charge in [-0.1, -0.05) is 30.3 Å². The van der Waals surface area contributed by atoms with Gasteiger partial charge in [-0.2, -0.15) is 0 Å². The number of H-pyrrole nitrogens is 1. The van der Waals surface area contributed by atoms with E-state index in [0.29, 0.717) is 5.95 Å². The van der Waals surface area contributed by atoms with Gasteiger partial charge in [-0.05, 0) is 44.7 Å². The van der Waals surface area contributed by atoms with Crippen LogP contribution < -0.4 is 10.1 Å². The fourth-order valence-electron chi connectivity index (χ4n) is 4.13. The van der Waals surface area contributed by atoms with Gasteiger partial charge in [-0.15, -0.1) is 0 Å². The molecule has 0 fully saturated rings. The quantitative estimate of drug-likeness (QED) is 0.455. The van der Waals surface area contributed by atoms with Crippen LogP contribution in [0.3, 0.4) is 0 Å². The summed E-state index contributed by atoms with van der Waals surface area (Å²) in [5.41, 5.74) is 7.39. The second-order valence-electron chi connectivity index (χ2n) is 7.85. The fraction of sp³-hybridized carbons (Fsp3) is 0.240. The van der Waals surface area contributed by atoms with Gasteiger partial charge in [0, 0.05) is 40.5 Å². The molecule has 0 saturated carbocycles. The number of ether oxygens (including phenoxy) is 1. The van der Waals surface area contributed by atoms with E-state index in [1.165, 1.54) is 18.4 Å². The van der Waals surface area contributed by atoms with Gasteiger partial charge in [0.05, 0.1) is 18.4 Å². The predicted molar refractivity (Wildman–Crippen MR) is 123 cm³/mol. The Morgan fingerprint density at radius 2 is 1.84 bits per heavy atom. The second-order valence-corrected chi connectivity index (χ2v) is 7.85. The molecule has 0 amide bonds. The zero-order chi connectivity index (χ0) is 21.2. The lowest BCUT2D eigenvalue weighted by atomic mass is 9.92. The second kappa shape index (κ2) is 8.22. The molecule has 0 unspecified atom stereocenters. The normalized spacial score (nSPS) is 13.0. The predicted octanol–water partition coefficient (Wildman–Crippen LogP) is 5.47. The highest BCUT2D eigenvalue weighted by atomic mass is 16.5. The zero-order valence-corrected chi connectivity index (χ0v) is 17.8. The molecular formula is C25H25N5O. The van der Waals surface area contributed by atoms with Crippen LogP contribution in [0, 0.1) is 6.92 Å². The third kappa shape index (κ3) is 3.89. The van der Waals surface area contributed by atoms with Crippen molar-refractivity contribution in [2.75, 3.05) is 12.4 Å². The molecule has 1 aliphatic rings. The van der Waals surface area contributed by atoms with Gasteiger partial charge >= 0.3 is 0 Å². The number of hydrogen-bond donors (Lipinski definition) is 2. The van der Waals surface area contributed by atoms with Crippen LogP contribution in [-0.2, 0) is 12.8 Å². The number of benzene rings is 2. The lowest BCUT2D eigenvalue weighted by Crippen LogP contribution is -2.11. The summed E-state index contributed by atoms with van der Waals surface area (Å²) in [4.78, 5) is 17.4. The molecule has 4 aromatic rings. The molecule has 0 saturated heterocycles. The first-order chi connectivity index (χ1) is 15.2. The van der Waals surface area contributed by atoms with Crippen LogP contribution in [0.25, 0.3) is 22.6 Å². The topological polar surface area (TPSA) is 75.7 Å². The molecule has 31 heavy (non-hydrogen) atoms. The highest BCUT2D eigenvalue weighted by Crippen LogP contribution is 2.33. The van der Waals surface area contributed by atoms with E-state index in [1.54, 1.807) is 7.11 Å². The molecule has 6 nitrogen and oxygen atoms in total. The fourth-order valence-corrected chi connectivity index (χ4v) is 4.13. The number of methoxy groups -OCH3 is 1. The lowest BCUT2D eigenvalue weighted by Gasteiger charge is -2.20. The summed E-state index contributed by atoms with van der Waals surface area (Å²) in [5, 5.41) is 3.39. The van der Waals surface area contributed by atoms with Gasteiger partial charge in [-0.3, -0.25) is 0 Å². The van der Waals surface area contributed by atoms with Gasteiger partial charge < -0.3 is 15.0 Å². The molecule has 2 aromatic carbocycles. The van der Waals surface area contributed by atoms with Crippen molar-refractivity contribution in [2.45, 2.75) is 32.6 Å². The minimum absolute atomic E-state index is 0.614. The summed E-state index contributed by atoms with van der Waals surface area (Å²) >= 11 is 0. The molecule has 0 spiro atoms. The van der Waals surface area contributed by atoms with Gasteiger partial charge in [0.1, 0.15) is 11.6 Å². The molecule has 2 heterocycles. The molecular weight excluding hydrogens is 386 g/mol. The molecule has 5 rings (SSSR count). The van der Waals surface area contributed by atoms with Crippen LogP contribution in [0.15, 0.2) is 54.7 Å². The van der Waals surface area contributed by atoms with Crippen LogP contribution >= 0.6 is 0 Å². The monoisotopic (exact) mass is 411 g/mol. The van der Waals surface area contributed by atoms with E-state index in [0.717, 1.165) is 58.3 Å². The number of nitrogens with zero attached hydrogens (tertiary/aromatic N) is 3. The Labute approximate surface area is 181 Å². The summed E-state index contributed by atoms with van der Waals surface area (Å²) in [6.45, 7) is 1.98. The smallest absolute Gasteiger partial charge is 0.228 e. The maximum Gasteiger partial charge on any atom is 0.228 e. The number of anilines is 2. The Bertz CT molecular complexity index is 1220. The Hall–Kier alpha value is -3.67. The number of rotatable bonds is 5. The molecule has 1 aliphatic carbocycles. The van der Waals surface area contributed by atoms with Crippen molar-refractivity contribution >= 4 is 11.6 Å². The van der Waals surface area contributed by atoms with Gasteiger partial charge in [0.2, 0.25) is 5.95 Å². The molecule has 0 atom stereocenters. The van der Waals surface area contributed by atoms with Crippen molar-refractivity contribution in [3.8, 4) is 28.4 Å². The van der Waals surface area contributed by atoms with Crippen LogP contribution in [0.4, 0.5) is 11.6 Å². The van der Waals surface area contributed by atoms with Crippen molar-refractivity contribution in [1.82, 2.24) is 19.9 Å². The average Bonchev–Trinajstić information content (AvgIpc) is 3.25. The summed E-state index contributed by atoms with van der Waals surface area (Å²) in [7, 11) is 1.67. The SMILES string of the molecule is COc1cc(Nc2nc3c(c(-c4ccccc4)n2)CCCC3)ccc1-c1ncc(C)[nH]1. The first-order valence-corrected chi connectivity index (χ1v) is 10.6. The maximum atomic E-state index is 5.63. The average molecular weight is 412 g/mol. The Balaban J connectivity index is 1.51. The molecule has 0 bridgehead atoms. The Kier molecular flexibility index (Phi) is 5.12. The van der Waals surface area contributed by atoms with E-state index in [4.69, 9.17) is 14.7 Å². The third-order valence-corrected chi connectivity index (χ3v) is 5.65. The molecule has 2 N–H and O–H groups in total. The van der Waals surface area contributed by atoms with Crippen molar-refractivity contribution in [3.05, 3.63) is 71.7 Å². The molecule has 156 valence electrons. The minimum Gasteiger partial charge on any atom is -0.496 e. The highest BCUT2D eigenvalue weighted by molar-refractivity contribution is 5.71. The zero-order valence-electron chi connectivity index (χ0n) is 17.8. The van der Waals surface area contributed by atoms with Gasteiger partial charge in [0.25, 0.3) is 0 Å². The van der Waals surface area contributed by atoms with E-state index in [-0.39, 0.29) is 0 Å². The largest absolute Gasteiger partial charge is 0.496 e. The number of aryl methyl sites for hydroxylation is 2. The first-order valence-electron chi connectivity index (χ1n) is 10.6. The van der Waals surface area contributed by atoms with Crippen LogP contribution in [0.5, 0.6) is 5.75 Å². The van der Waals surface area contributed by atoms with Crippen LogP contribution in [0.2, 0.25) is 0 Å². The number of nitrogens with one attached hydrogen (secondary N) is 2. The number of hydrogen-bond acceptors (Lipinski definition) is 5. The number of fused-ring (bicyclic) bond motifs is 1. The van der Waals surface area contributed by atoms with E-state index in [1.807, 2.05) is 37.4 Å². The first kappa shape index (κ1) is 19.3. The van der Waals surface area contributed by atoms with Crippen molar-refractivity contribution < 1.29 is 4.74 Å². The van der Waals surface area contributed by atoms with Crippen LogP contribution in [0.1, 0.15) is 29.8 Å². The summed E-state index contributed by atoms with van der Waals surface area (Å²) in [6.07, 6.45) is 6.20. The highest BCUT2D eigenvalue weighted by Gasteiger charge is 2.19.